The normalized spacial score (nSPS) is 10.0. The van der Waals surface area contributed by atoms with E-state index in [-0.39, 0.29) is 0 Å². The van der Waals surface area contributed by atoms with E-state index >= 15 is 0 Å². The molecule has 0 bridgehead atoms. The molecule has 1 aromatic carbocycles. The fourth-order valence-corrected chi connectivity index (χ4v) is 2.68. The van der Waals surface area contributed by atoms with Crippen LogP contribution in [0.2, 0.25) is 0 Å². The summed E-state index contributed by atoms with van der Waals surface area (Å²) in [5.41, 5.74) is 8.78. The van der Waals surface area contributed by atoms with Crippen molar-refractivity contribution in [3.8, 4) is 6.07 Å². The molecule has 1 heterocycles. The molecule has 1 aromatic heterocycles. The van der Waals surface area contributed by atoms with E-state index in [9.17, 15) is 0 Å². The Bertz CT molecular complexity index is 516. The van der Waals surface area contributed by atoms with Crippen LogP contribution in [-0.2, 0) is 6.54 Å². The highest BCUT2D eigenvalue weighted by Crippen LogP contribution is 2.31. The van der Waals surface area contributed by atoms with Crippen molar-refractivity contribution < 1.29 is 0 Å². The maximum absolute atomic E-state index is 9.03. The van der Waals surface area contributed by atoms with Crippen molar-refractivity contribution in [1.82, 2.24) is 10.2 Å². The first-order valence-electron chi connectivity index (χ1n) is 4.50. The molecule has 0 unspecified atom stereocenters. The highest BCUT2D eigenvalue weighted by atomic mass is 32.2. The van der Waals surface area contributed by atoms with Crippen molar-refractivity contribution in [1.29, 1.82) is 5.26 Å². The first-order chi connectivity index (χ1) is 7.83. The molecule has 0 saturated heterocycles. The van der Waals surface area contributed by atoms with Gasteiger partial charge in [0, 0.05) is 11.4 Å². The van der Waals surface area contributed by atoms with Crippen LogP contribution in [0.4, 0.5) is 0 Å². The Labute approximate surface area is 101 Å². The van der Waals surface area contributed by atoms with Crippen molar-refractivity contribution in [3.63, 3.8) is 0 Å². The van der Waals surface area contributed by atoms with E-state index in [1.165, 1.54) is 23.1 Å². The minimum absolute atomic E-state index is 0.443. The number of rotatable bonds is 3. The van der Waals surface area contributed by atoms with Gasteiger partial charge in [-0.1, -0.05) is 29.2 Å². The highest BCUT2D eigenvalue weighted by Gasteiger charge is 2.07. The van der Waals surface area contributed by atoms with Crippen LogP contribution in [0.25, 0.3) is 0 Å². The molecule has 2 aromatic rings. The zero-order chi connectivity index (χ0) is 11.4. The third-order valence-corrected chi connectivity index (χ3v) is 3.79. The minimum atomic E-state index is 0.443. The maximum Gasteiger partial charge on any atom is 0.178 e. The molecule has 0 aliphatic rings. The Morgan fingerprint density at radius 1 is 1.50 bits per heavy atom. The van der Waals surface area contributed by atoms with Gasteiger partial charge in [0.05, 0.1) is 5.56 Å². The summed E-state index contributed by atoms with van der Waals surface area (Å²) in [5.74, 6) is 0. The summed E-state index contributed by atoms with van der Waals surface area (Å²) in [7, 11) is 0. The second-order valence-electron chi connectivity index (χ2n) is 2.95. The summed E-state index contributed by atoms with van der Waals surface area (Å²) in [6.07, 6.45) is 0. The van der Waals surface area contributed by atoms with E-state index in [2.05, 4.69) is 16.3 Å². The lowest BCUT2D eigenvalue weighted by molar-refractivity contribution is 1.01. The Morgan fingerprint density at radius 3 is 3.00 bits per heavy atom. The van der Waals surface area contributed by atoms with Gasteiger partial charge in [-0.2, -0.15) is 5.26 Å². The smallest absolute Gasteiger partial charge is 0.178 e. The lowest BCUT2D eigenvalue weighted by atomic mass is 10.1. The Hall–Kier alpha value is -1.42. The van der Waals surface area contributed by atoms with Gasteiger partial charge >= 0.3 is 0 Å². The number of hydrogen-bond acceptors (Lipinski definition) is 6. The van der Waals surface area contributed by atoms with Crippen molar-refractivity contribution in [3.05, 3.63) is 34.8 Å². The van der Waals surface area contributed by atoms with Gasteiger partial charge in [0.15, 0.2) is 4.34 Å². The molecule has 0 amide bonds. The zero-order valence-corrected chi connectivity index (χ0v) is 9.88. The average molecular weight is 248 g/mol. The number of aromatic nitrogens is 2. The fraction of sp³-hybridized carbons (Fsp3) is 0.100. The maximum atomic E-state index is 9.03. The van der Waals surface area contributed by atoms with Gasteiger partial charge in [-0.3, -0.25) is 0 Å². The molecule has 0 atom stereocenters. The lowest BCUT2D eigenvalue weighted by Crippen LogP contribution is -1.96. The van der Waals surface area contributed by atoms with E-state index in [0.717, 1.165) is 14.8 Å². The van der Waals surface area contributed by atoms with Gasteiger partial charge in [0.25, 0.3) is 0 Å². The lowest BCUT2D eigenvalue weighted by Gasteiger charge is -2.02. The van der Waals surface area contributed by atoms with Crippen LogP contribution in [0.1, 0.15) is 11.1 Å². The molecule has 0 radical (unpaired) electrons. The molecule has 0 saturated carbocycles. The van der Waals surface area contributed by atoms with Gasteiger partial charge in [-0.15, -0.1) is 10.2 Å². The summed E-state index contributed by atoms with van der Waals surface area (Å²) in [4.78, 5) is 0.886. The van der Waals surface area contributed by atoms with Crippen LogP contribution in [0.3, 0.4) is 0 Å². The van der Waals surface area contributed by atoms with Crippen LogP contribution in [0, 0.1) is 11.3 Å². The zero-order valence-electron chi connectivity index (χ0n) is 8.25. The fourth-order valence-electron chi connectivity index (χ4n) is 1.18. The molecule has 0 aliphatic carbocycles. The van der Waals surface area contributed by atoms with E-state index in [1.54, 1.807) is 5.51 Å². The van der Waals surface area contributed by atoms with Gasteiger partial charge in [0.1, 0.15) is 11.6 Å². The van der Waals surface area contributed by atoms with Crippen LogP contribution in [0.15, 0.2) is 32.9 Å². The molecule has 2 rings (SSSR count). The summed E-state index contributed by atoms with van der Waals surface area (Å²) >= 11 is 2.90. The van der Waals surface area contributed by atoms with Crippen molar-refractivity contribution in [2.45, 2.75) is 15.8 Å². The topological polar surface area (TPSA) is 75.6 Å². The molecular formula is C10H8N4S2. The predicted octanol–water partition coefficient (Wildman–Crippen LogP) is 2.02. The SMILES string of the molecule is N#Cc1cc(CN)ccc1Sc1nncs1. The molecule has 0 fully saturated rings. The molecule has 4 nitrogen and oxygen atoms in total. The Kier molecular flexibility index (Phi) is 3.51. The third-order valence-electron chi connectivity index (χ3n) is 1.94. The molecule has 0 aliphatic heterocycles. The van der Waals surface area contributed by atoms with Crippen LogP contribution < -0.4 is 5.73 Å². The predicted molar refractivity (Wildman–Crippen MR) is 63.1 cm³/mol. The van der Waals surface area contributed by atoms with Crippen LogP contribution >= 0.6 is 23.1 Å². The highest BCUT2D eigenvalue weighted by molar-refractivity contribution is 8.01. The van der Waals surface area contributed by atoms with E-state index in [1.807, 2.05) is 18.2 Å². The summed E-state index contributed by atoms with van der Waals surface area (Å²) in [6, 6.07) is 7.79. The van der Waals surface area contributed by atoms with Crippen LogP contribution in [0.5, 0.6) is 0 Å². The second kappa shape index (κ2) is 5.07. The standard InChI is InChI=1S/C10H8N4S2/c11-4-7-1-2-9(8(3-7)5-12)16-10-14-13-6-15-10/h1-3,6H,4,11H2. The second-order valence-corrected chi connectivity index (χ2v) is 5.08. The van der Waals surface area contributed by atoms with Gasteiger partial charge in [-0.25, -0.2) is 0 Å². The Morgan fingerprint density at radius 2 is 2.38 bits per heavy atom. The Balaban J connectivity index is 2.31. The summed E-state index contributed by atoms with van der Waals surface area (Å²) < 4.78 is 0.831. The molecule has 6 heteroatoms. The van der Waals surface area contributed by atoms with Crippen molar-refractivity contribution >= 4 is 23.1 Å². The molecule has 2 N–H and O–H groups in total. The molecule has 80 valence electrons. The summed E-state index contributed by atoms with van der Waals surface area (Å²) in [5, 5.41) is 16.7. The minimum Gasteiger partial charge on any atom is -0.326 e. The van der Waals surface area contributed by atoms with E-state index in [4.69, 9.17) is 11.0 Å². The van der Waals surface area contributed by atoms with Gasteiger partial charge < -0.3 is 5.73 Å². The quantitative estimate of drug-likeness (QED) is 0.899. The van der Waals surface area contributed by atoms with Crippen molar-refractivity contribution in [2.75, 3.05) is 0 Å². The first kappa shape index (κ1) is 11.1. The average Bonchev–Trinajstić information content (AvgIpc) is 2.82. The molecule has 0 spiro atoms. The monoisotopic (exact) mass is 248 g/mol. The molecular weight excluding hydrogens is 240 g/mol. The number of nitrogens with zero attached hydrogens (tertiary/aromatic N) is 3. The van der Waals surface area contributed by atoms with E-state index in [0.29, 0.717) is 12.1 Å². The largest absolute Gasteiger partial charge is 0.326 e. The van der Waals surface area contributed by atoms with E-state index < -0.39 is 0 Å². The number of benzene rings is 1. The van der Waals surface area contributed by atoms with Gasteiger partial charge in [0.2, 0.25) is 0 Å². The first-order valence-corrected chi connectivity index (χ1v) is 6.20. The van der Waals surface area contributed by atoms with Crippen LogP contribution in [-0.4, -0.2) is 10.2 Å². The van der Waals surface area contributed by atoms with Crippen molar-refractivity contribution in [2.24, 2.45) is 5.73 Å². The number of nitriles is 1. The summed E-state index contributed by atoms with van der Waals surface area (Å²) in [6.45, 7) is 0.443. The third kappa shape index (κ3) is 2.39. The van der Waals surface area contributed by atoms with Gasteiger partial charge in [-0.05, 0) is 17.7 Å². The number of hydrogen-bond donors (Lipinski definition) is 1. The molecule has 16 heavy (non-hydrogen) atoms. The number of nitrogens with two attached hydrogens (primary N) is 1.